The van der Waals surface area contributed by atoms with Crippen LogP contribution in [0.5, 0.6) is 5.75 Å². The van der Waals surface area contributed by atoms with E-state index in [9.17, 15) is 9.90 Å². The molecule has 1 amide bonds. The highest BCUT2D eigenvalue weighted by Gasteiger charge is 2.35. The van der Waals surface area contributed by atoms with E-state index < -0.39 is 6.10 Å². The van der Waals surface area contributed by atoms with Gasteiger partial charge in [0.2, 0.25) is 5.91 Å². The fourth-order valence-electron chi connectivity index (χ4n) is 4.61. The van der Waals surface area contributed by atoms with Crippen LogP contribution in [0, 0.1) is 13.8 Å². The van der Waals surface area contributed by atoms with E-state index in [1.807, 2.05) is 66.1 Å². The molecule has 1 N–H and O–H groups in total. The first-order valence-corrected chi connectivity index (χ1v) is 12.2. The van der Waals surface area contributed by atoms with E-state index in [1.165, 1.54) is 5.56 Å². The topological polar surface area (TPSA) is 67.6 Å². The second-order valence-corrected chi connectivity index (χ2v) is 9.60. The lowest BCUT2D eigenvalue weighted by Crippen LogP contribution is -2.26. The van der Waals surface area contributed by atoms with E-state index in [-0.39, 0.29) is 18.4 Å². The van der Waals surface area contributed by atoms with Gasteiger partial charge in [0.1, 0.15) is 24.3 Å². The van der Waals surface area contributed by atoms with E-state index in [4.69, 9.17) is 21.3 Å². The van der Waals surface area contributed by atoms with E-state index in [1.54, 1.807) is 17.0 Å². The van der Waals surface area contributed by atoms with Gasteiger partial charge in [0.05, 0.1) is 17.6 Å². The Morgan fingerprint density at radius 3 is 2.63 bits per heavy atom. The van der Waals surface area contributed by atoms with Gasteiger partial charge in [-0.2, -0.15) is 0 Å². The predicted molar refractivity (Wildman–Crippen MR) is 138 cm³/mol. The number of hydrogen-bond donors (Lipinski definition) is 1. The third kappa shape index (κ3) is 4.90. The van der Waals surface area contributed by atoms with Gasteiger partial charge < -0.3 is 19.3 Å². The van der Waals surface area contributed by atoms with Crippen LogP contribution in [-0.4, -0.2) is 39.8 Å². The number of fused-ring (bicyclic) bond motifs is 1. The Morgan fingerprint density at radius 2 is 1.86 bits per heavy atom. The monoisotopic (exact) mass is 489 g/mol. The molecule has 35 heavy (non-hydrogen) atoms. The second-order valence-electron chi connectivity index (χ2n) is 9.16. The number of anilines is 1. The number of carbonyl (C=O) groups is 1. The van der Waals surface area contributed by atoms with Crippen molar-refractivity contribution in [3.05, 3.63) is 88.7 Å². The van der Waals surface area contributed by atoms with Crippen molar-refractivity contribution in [3.63, 3.8) is 0 Å². The molecule has 180 valence electrons. The Hall–Kier alpha value is -3.35. The Labute approximate surface area is 209 Å². The molecule has 1 aromatic heterocycles. The van der Waals surface area contributed by atoms with Crippen LogP contribution < -0.4 is 9.64 Å². The van der Waals surface area contributed by atoms with Crippen molar-refractivity contribution in [3.8, 4) is 5.75 Å². The van der Waals surface area contributed by atoms with Crippen LogP contribution in [0.4, 0.5) is 5.69 Å². The summed E-state index contributed by atoms with van der Waals surface area (Å²) in [6.45, 7) is 5.11. The highest BCUT2D eigenvalue weighted by atomic mass is 35.5. The van der Waals surface area contributed by atoms with Gasteiger partial charge in [-0.1, -0.05) is 29.8 Å². The number of aliphatic hydroxyl groups is 1. The first-order valence-electron chi connectivity index (χ1n) is 11.8. The number of imidazole rings is 1. The fourth-order valence-corrected chi connectivity index (χ4v) is 4.73. The van der Waals surface area contributed by atoms with Crippen LogP contribution in [0.2, 0.25) is 5.02 Å². The van der Waals surface area contributed by atoms with Crippen LogP contribution in [0.15, 0.2) is 66.7 Å². The van der Waals surface area contributed by atoms with Crippen molar-refractivity contribution in [2.45, 2.75) is 38.8 Å². The molecule has 0 radical (unpaired) electrons. The van der Waals surface area contributed by atoms with Gasteiger partial charge in [-0.25, -0.2) is 4.98 Å². The molecular weight excluding hydrogens is 462 g/mol. The number of hydrogen-bond acceptors (Lipinski definition) is 4. The minimum absolute atomic E-state index is 0.0505. The zero-order valence-electron chi connectivity index (χ0n) is 19.8. The van der Waals surface area contributed by atoms with E-state index in [2.05, 4.69) is 6.92 Å². The van der Waals surface area contributed by atoms with Crippen LogP contribution >= 0.6 is 11.6 Å². The highest BCUT2D eigenvalue weighted by molar-refractivity contribution is 6.30. The van der Waals surface area contributed by atoms with E-state index in [0.717, 1.165) is 33.9 Å². The van der Waals surface area contributed by atoms with Gasteiger partial charge in [0, 0.05) is 29.6 Å². The molecule has 5 rings (SSSR count). The molecule has 7 heteroatoms. The fraction of sp³-hybridized carbons (Fsp3) is 0.286. The largest absolute Gasteiger partial charge is 0.491 e. The third-order valence-electron chi connectivity index (χ3n) is 6.63. The number of aromatic nitrogens is 2. The summed E-state index contributed by atoms with van der Waals surface area (Å²) < 4.78 is 7.91. The first-order chi connectivity index (χ1) is 16.9. The number of aryl methyl sites for hydroxylation is 2. The molecule has 3 aromatic carbocycles. The Kier molecular flexibility index (Phi) is 6.50. The molecule has 0 aliphatic carbocycles. The molecular formula is C28H28ClN3O3. The molecule has 2 heterocycles. The number of nitrogens with zero attached hydrogens (tertiary/aromatic N) is 3. The minimum atomic E-state index is -0.738. The second kappa shape index (κ2) is 9.72. The molecule has 0 spiro atoms. The molecule has 1 aliphatic rings. The lowest BCUT2D eigenvalue weighted by Gasteiger charge is -2.19. The number of rotatable bonds is 7. The Morgan fingerprint density at radius 1 is 1.09 bits per heavy atom. The molecule has 1 saturated heterocycles. The molecule has 0 saturated carbocycles. The average molecular weight is 490 g/mol. The number of halogens is 1. The minimum Gasteiger partial charge on any atom is -0.491 e. The van der Waals surface area contributed by atoms with Gasteiger partial charge in [-0.05, 0) is 73.5 Å². The molecule has 2 atom stereocenters. The SMILES string of the molecule is Cc1ccc(OC[C@H](O)Cn2c([C@@H]3CC(=O)N(c4ccc(Cl)cc4)C3)nc3ccccc32)cc1C. The van der Waals surface area contributed by atoms with Crippen molar-refractivity contribution in [1.82, 2.24) is 9.55 Å². The standard InChI is InChI=1S/C28H28ClN3O3/c1-18-7-12-24(13-19(18)2)35-17-23(33)16-32-26-6-4-3-5-25(26)30-28(32)20-14-27(34)31(15-20)22-10-8-21(29)9-11-22/h3-13,20,23,33H,14-17H2,1-2H3/t20-,23-/m1/s1. The number of aliphatic hydroxyl groups excluding tert-OH is 1. The summed E-state index contributed by atoms with van der Waals surface area (Å²) in [5.41, 5.74) is 4.96. The lowest BCUT2D eigenvalue weighted by molar-refractivity contribution is -0.117. The van der Waals surface area contributed by atoms with Crippen LogP contribution in [-0.2, 0) is 11.3 Å². The molecule has 0 unspecified atom stereocenters. The van der Waals surface area contributed by atoms with Crippen molar-refractivity contribution in [2.75, 3.05) is 18.1 Å². The summed E-state index contributed by atoms with van der Waals surface area (Å²) in [4.78, 5) is 19.5. The predicted octanol–water partition coefficient (Wildman–Crippen LogP) is 5.27. The Bertz CT molecular complexity index is 1370. The Balaban J connectivity index is 1.37. The average Bonchev–Trinajstić information content (AvgIpc) is 3.41. The van der Waals surface area contributed by atoms with Crippen molar-refractivity contribution in [2.24, 2.45) is 0 Å². The first kappa shape index (κ1) is 23.4. The summed E-state index contributed by atoms with van der Waals surface area (Å²) in [7, 11) is 0. The zero-order chi connectivity index (χ0) is 24.5. The van der Waals surface area contributed by atoms with Crippen LogP contribution in [0.1, 0.15) is 29.3 Å². The number of carbonyl (C=O) groups excluding carboxylic acids is 1. The van der Waals surface area contributed by atoms with Crippen LogP contribution in [0.3, 0.4) is 0 Å². The number of ether oxygens (including phenoxy) is 1. The van der Waals surface area contributed by atoms with Crippen molar-refractivity contribution in [1.29, 1.82) is 0 Å². The maximum atomic E-state index is 12.9. The summed E-state index contributed by atoms with van der Waals surface area (Å²) in [6, 6.07) is 21.1. The van der Waals surface area contributed by atoms with Gasteiger partial charge in [-0.15, -0.1) is 0 Å². The smallest absolute Gasteiger partial charge is 0.227 e. The maximum Gasteiger partial charge on any atom is 0.227 e. The van der Waals surface area contributed by atoms with E-state index in [0.29, 0.717) is 24.5 Å². The van der Waals surface area contributed by atoms with Gasteiger partial charge in [0.25, 0.3) is 0 Å². The van der Waals surface area contributed by atoms with Gasteiger partial charge >= 0.3 is 0 Å². The third-order valence-corrected chi connectivity index (χ3v) is 6.88. The molecule has 0 bridgehead atoms. The quantitative estimate of drug-likeness (QED) is 0.384. The molecule has 6 nitrogen and oxygen atoms in total. The maximum absolute atomic E-state index is 12.9. The van der Waals surface area contributed by atoms with Gasteiger partial charge in [-0.3, -0.25) is 4.79 Å². The van der Waals surface area contributed by atoms with E-state index >= 15 is 0 Å². The number of para-hydroxylation sites is 2. The summed E-state index contributed by atoms with van der Waals surface area (Å²) in [5.74, 6) is 1.51. The summed E-state index contributed by atoms with van der Waals surface area (Å²) >= 11 is 6.02. The molecule has 4 aromatic rings. The number of benzene rings is 3. The summed E-state index contributed by atoms with van der Waals surface area (Å²) in [5, 5.41) is 11.5. The summed E-state index contributed by atoms with van der Waals surface area (Å²) in [6.07, 6.45) is -0.376. The normalized spacial score (nSPS) is 16.7. The van der Waals surface area contributed by atoms with Crippen molar-refractivity contribution < 1.29 is 14.6 Å². The number of amides is 1. The molecule has 1 fully saturated rings. The van der Waals surface area contributed by atoms with Crippen LogP contribution in [0.25, 0.3) is 11.0 Å². The molecule has 1 aliphatic heterocycles. The van der Waals surface area contributed by atoms with Gasteiger partial charge in [0.15, 0.2) is 0 Å². The highest BCUT2D eigenvalue weighted by Crippen LogP contribution is 2.33. The lowest BCUT2D eigenvalue weighted by atomic mass is 10.1. The zero-order valence-corrected chi connectivity index (χ0v) is 20.6. The van der Waals surface area contributed by atoms with Crippen molar-refractivity contribution >= 4 is 34.2 Å².